The molecule has 2 amide bonds. The Hall–Kier alpha value is -2.65. The van der Waals surface area contributed by atoms with Crippen molar-refractivity contribution in [2.45, 2.75) is 33.3 Å². The van der Waals surface area contributed by atoms with Crippen LogP contribution in [-0.2, 0) is 4.74 Å². The number of hydrogen-bond acceptors (Lipinski definition) is 6. The predicted molar refractivity (Wildman–Crippen MR) is 118 cm³/mol. The van der Waals surface area contributed by atoms with Crippen LogP contribution in [0, 0.1) is 6.92 Å². The molecule has 9 nitrogen and oxygen atoms in total. The average Bonchev–Trinajstić information content (AvgIpc) is 3.09. The van der Waals surface area contributed by atoms with Crippen LogP contribution in [0.4, 0.5) is 4.79 Å². The van der Waals surface area contributed by atoms with Crippen molar-refractivity contribution in [2.24, 2.45) is 0 Å². The third kappa shape index (κ3) is 6.18. The maximum atomic E-state index is 12.5. The van der Waals surface area contributed by atoms with Crippen LogP contribution in [0.25, 0.3) is 5.69 Å². The van der Waals surface area contributed by atoms with E-state index in [1.165, 1.54) is 0 Å². The van der Waals surface area contributed by atoms with Crippen LogP contribution in [-0.4, -0.2) is 81.4 Å². The second kappa shape index (κ2) is 9.65. The highest BCUT2D eigenvalue weighted by Gasteiger charge is 2.25. The van der Waals surface area contributed by atoms with Gasteiger partial charge >= 0.3 is 6.09 Å². The van der Waals surface area contributed by atoms with E-state index in [0.29, 0.717) is 42.7 Å². The number of aryl methyl sites for hydroxylation is 1. The third-order valence-electron chi connectivity index (χ3n) is 4.79. The van der Waals surface area contributed by atoms with E-state index in [-0.39, 0.29) is 17.8 Å². The molecular formula is C21H29ClN6O3. The number of halogens is 1. The summed E-state index contributed by atoms with van der Waals surface area (Å²) in [5.74, 6) is 0.352. The van der Waals surface area contributed by atoms with E-state index < -0.39 is 5.60 Å². The number of rotatable bonds is 5. The number of carbonyl (C=O) groups excluding carboxylic acids is 2. The zero-order valence-corrected chi connectivity index (χ0v) is 19.1. The number of ether oxygens (including phenoxy) is 1. The Morgan fingerprint density at radius 3 is 2.48 bits per heavy atom. The second-order valence-electron chi connectivity index (χ2n) is 8.41. The van der Waals surface area contributed by atoms with Crippen molar-refractivity contribution in [3.8, 4) is 5.69 Å². The molecule has 1 saturated heterocycles. The van der Waals surface area contributed by atoms with Crippen molar-refractivity contribution < 1.29 is 14.3 Å². The first-order valence-electron chi connectivity index (χ1n) is 10.3. The van der Waals surface area contributed by atoms with Crippen molar-refractivity contribution in [3.05, 3.63) is 40.9 Å². The molecular weight excluding hydrogens is 420 g/mol. The molecule has 1 fully saturated rings. The van der Waals surface area contributed by atoms with Crippen molar-refractivity contribution in [1.82, 2.24) is 29.9 Å². The van der Waals surface area contributed by atoms with Gasteiger partial charge in [-0.05, 0) is 39.8 Å². The van der Waals surface area contributed by atoms with Gasteiger partial charge in [-0.15, -0.1) is 5.10 Å². The van der Waals surface area contributed by atoms with Gasteiger partial charge < -0.3 is 15.0 Å². The van der Waals surface area contributed by atoms with Gasteiger partial charge in [-0.3, -0.25) is 9.69 Å². The lowest BCUT2D eigenvalue weighted by Gasteiger charge is -2.35. The highest BCUT2D eigenvalue weighted by molar-refractivity contribution is 6.32. The van der Waals surface area contributed by atoms with Crippen LogP contribution in [0.3, 0.4) is 0 Å². The largest absolute Gasteiger partial charge is 0.444 e. The summed E-state index contributed by atoms with van der Waals surface area (Å²) in [6.45, 7) is 11.2. The highest BCUT2D eigenvalue weighted by Crippen LogP contribution is 2.20. The first-order chi connectivity index (χ1) is 14.6. The molecule has 1 aromatic heterocycles. The Kier molecular flexibility index (Phi) is 7.17. The van der Waals surface area contributed by atoms with Gasteiger partial charge in [0.25, 0.3) is 5.91 Å². The van der Waals surface area contributed by atoms with Crippen LogP contribution in [0.15, 0.2) is 24.3 Å². The summed E-state index contributed by atoms with van der Waals surface area (Å²) >= 11 is 6.22. The number of carbonyl (C=O) groups is 2. The molecule has 0 bridgehead atoms. The van der Waals surface area contributed by atoms with Crippen molar-refractivity contribution in [3.63, 3.8) is 0 Å². The summed E-state index contributed by atoms with van der Waals surface area (Å²) in [6, 6.07) is 7.27. The van der Waals surface area contributed by atoms with Crippen molar-refractivity contribution in [1.29, 1.82) is 0 Å². The third-order valence-corrected chi connectivity index (χ3v) is 5.11. The van der Waals surface area contributed by atoms with E-state index >= 15 is 0 Å². The summed E-state index contributed by atoms with van der Waals surface area (Å²) in [5, 5.41) is 7.70. The number of benzene rings is 1. The quantitative estimate of drug-likeness (QED) is 0.755. The molecule has 0 unspecified atom stereocenters. The number of nitrogens with zero attached hydrogens (tertiary/aromatic N) is 5. The van der Waals surface area contributed by atoms with E-state index in [1.807, 2.05) is 39.0 Å². The van der Waals surface area contributed by atoms with Gasteiger partial charge in [0.1, 0.15) is 11.4 Å². The minimum Gasteiger partial charge on any atom is -0.444 e. The standard InChI is InChI=1S/C21H29ClN6O3/c1-15-24-18(25-28(15)17-8-6-5-7-16(17)22)19(29)23-9-10-26-11-13-27(14-12-26)20(30)31-21(2,3)4/h5-8H,9-14H2,1-4H3,(H,23,29). The van der Waals surface area contributed by atoms with Crippen LogP contribution in [0.5, 0.6) is 0 Å². The van der Waals surface area contributed by atoms with E-state index in [4.69, 9.17) is 16.3 Å². The van der Waals surface area contributed by atoms with E-state index in [1.54, 1.807) is 22.6 Å². The number of para-hydroxylation sites is 1. The van der Waals surface area contributed by atoms with Crippen molar-refractivity contribution in [2.75, 3.05) is 39.3 Å². The molecule has 0 saturated carbocycles. The molecule has 2 aromatic rings. The molecule has 31 heavy (non-hydrogen) atoms. The van der Waals surface area contributed by atoms with Crippen LogP contribution in [0.2, 0.25) is 5.02 Å². The van der Waals surface area contributed by atoms with Gasteiger partial charge in [-0.2, -0.15) is 0 Å². The normalized spacial score (nSPS) is 15.1. The smallest absolute Gasteiger partial charge is 0.410 e. The molecule has 168 valence electrons. The summed E-state index contributed by atoms with van der Waals surface area (Å²) in [6.07, 6.45) is -0.281. The van der Waals surface area contributed by atoms with Crippen LogP contribution < -0.4 is 5.32 Å². The first-order valence-corrected chi connectivity index (χ1v) is 10.7. The molecule has 0 aliphatic carbocycles. The summed E-state index contributed by atoms with van der Waals surface area (Å²) in [7, 11) is 0. The molecule has 1 aliphatic rings. The number of hydrogen-bond donors (Lipinski definition) is 1. The van der Waals surface area contributed by atoms with E-state index in [2.05, 4.69) is 20.3 Å². The fourth-order valence-corrected chi connectivity index (χ4v) is 3.44. The zero-order chi connectivity index (χ0) is 22.6. The Bertz CT molecular complexity index is 931. The summed E-state index contributed by atoms with van der Waals surface area (Å²) in [4.78, 5) is 32.8. The van der Waals surface area contributed by atoms with E-state index in [9.17, 15) is 9.59 Å². The molecule has 3 rings (SSSR count). The van der Waals surface area contributed by atoms with Crippen LogP contribution >= 0.6 is 11.6 Å². The molecule has 1 aliphatic heterocycles. The Labute approximate surface area is 187 Å². The lowest BCUT2D eigenvalue weighted by Crippen LogP contribution is -2.51. The minimum atomic E-state index is -0.496. The average molecular weight is 449 g/mol. The Morgan fingerprint density at radius 1 is 1.16 bits per heavy atom. The summed E-state index contributed by atoms with van der Waals surface area (Å²) < 4.78 is 6.97. The fourth-order valence-electron chi connectivity index (χ4n) is 3.23. The molecule has 1 aromatic carbocycles. The lowest BCUT2D eigenvalue weighted by atomic mass is 10.2. The van der Waals surface area contributed by atoms with Gasteiger partial charge in [-0.1, -0.05) is 23.7 Å². The van der Waals surface area contributed by atoms with E-state index in [0.717, 1.165) is 13.1 Å². The Morgan fingerprint density at radius 2 is 1.84 bits per heavy atom. The zero-order valence-electron chi connectivity index (χ0n) is 18.4. The first kappa shape index (κ1) is 23.0. The second-order valence-corrected chi connectivity index (χ2v) is 8.82. The molecule has 0 spiro atoms. The minimum absolute atomic E-state index is 0.104. The topological polar surface area (TPSA) is 92.6 Å². The molecule has 1 N–H and O–H groups in total. The van der Waals surface area contributed by atoms with Crippen LogP contribution in [0.1, 0.15) is 37.2 Å². The molecule has 0 radical (unpaired) electrons. The van der Waals surface area contributed by atoms with Gasteiger partial charge in [0.2, 0.25) is 5.82 Å². The number of piperazine rings is 1. The van der Waals surface area contributed by atoms with Gasteiger partial charge in [-0.25, -0.2) is 14.5 Å². The SMILES string of the molecule is Cc1nc(C(=O)NCCN2CCN(C(=O)OC(C)(C)C)CC2)nn1-c1ccccc1Cl. The van der Waals surface area contributed by atoms with Gasteiger partial charge in [0.15, 0.2) is 0 Å². The van der Waals surface area contributed by atoms with Crippen molar-refractivity contribution >= 4 is 23.6 Å². The monoisotopic (exact) mass is 448 g/mol. The molecule has 0 atom stereocenters. The summed E-state index contributed by atoms with van der Waals surface area (Å²) in [5.41, 5.74) is 0.181. The lowest BCUT2D eigenvalue weighted by molar-refractivity contribution is 0.0147. The number of nitrogens with one attached hydrogen (secondary N) is 1. The Balaban J connectivity index is 1.46. The predicted octanol–water partition coefficient (Wildman–Crippen LogP) is 2.51. The highest BCUT2D eigenvalue weighted by atomic mass is 35.5. The fraction of sp³-hybridized carbons (Fsp3) is 0.524. The maximum Gasteiger partial charge on any atom is 0.410 e. The molecule has 2 heterocycles. The number of amides is 2. The maximum absolute atomic E-state index is 12.5. The number of aromatic nitrogens is 3. The molecule has 10 heteroatoms. The van der Waals surface area contributed by atoms with Gasteiger partial charge in [0, 0.05) is 39.3 Å². The van der Waals surface area contributed by atoms with Gasteiger partial charge in [0.05, 0.1) is 10.7 Å².